The summed E-state index contributed by atoms with van der Waals surface area (Å²) < 4.78 is 12.5. The molecule has 2 rings (SSSR count). The lowest BCUT2D eigenvalue weighted by Gasteiger charge is -1.97. The van der Waals surface area contributed by atoms with Gasteiger partial charge in [-0.2, -0.15) is 0 Å². The number of aliphatic imine (C=N–C) groups is 1. The molecule has 0 radical (unpaired) electrons. The van der Waals surface area contributed by atoms with Crippen LogP contribution in [0.1, 0.15) is 18.4 Å². The number of benzene rings is 1. The van der Waals surface area contributed by atoms with E-state index in [2.05, 4.69) is 4.99 Å². The van der Waals surface area contributed by atoms with Crippen LogP contribution < -0.4 is 0 Å². The third kappa shape index (κ3) is 2.28. The maximum absolute atomic E-state index is 12.5. The second-order valence-corrected chi connectivity index (χ2v) is 3.52. The summed E-state index contributed by atoms with van der Waals surface area (Å²) in [5.74, 6) is -0.250. The van der Waals surface area contributed by atoms with Crippen molar-refractivity contribution in [1.82, 2.24) is 0 Å². The molecule has 1 nitrogen and oxygen atoms in total. The topological polar surface area (TPSA) is 12.4 Å². The minimum atomic E-state index is -0.250. The SMILES string of the molecule is Fc1ccc(C(Cl)=NC2CC2)cc1. The number of rotatable bonds is 2. The van der Waals surface area contributed by atoms with Gasteiger partial charge in [0.05, 0.1) is 6.04 Å². The summed E-state index contributed by atoms with van der Waals surface area (Å²) in [6, 6.07) is 6.46. The molecule has 0 heterocycles. The molecule has 0 aromatic heterocycles. The second kappa shape index (κ2) is 3.46. The highest BCUT2D eigenvalue weighted by Gasteiger charge is 2.20. The van der Waals surface area contributed by atoms with E-state index < -0.39 is 0 Å². The van der Waals surface area contributed by atoms with E-state index in [9.17, 15) is 4.39 Å². The molecule has 0 saturated heterocycles. The fourth-order valence-corrected chi connectivity index (χ4v) is 1.29. The molecule has 68 valence electrons. The Labute approximate surface area is 81.2 Å². The van der Waals surface area contributed by atoms with Gasteiger partial charge in [0, 0.05) is 5.56 Å². The Bertz CT molecular complexity index is 327. The van der Waals surface area contributed by atoms with Crippen molar-refractivity contribution in [2.45, 2.75) is 18.9 Å². The Morgan fingerprint density at radius 2 is 1.92 bits per heavy atom. The van der Waals surface area contributed by atoms with E-state index in [1.165, 1.54) is 12.1 Å². The van der Waals surface area contributed by atoms with Gasteiger partial charge in [0.1, 0.15) is 11.0 Å². The zero-order valence-electron chi connectivity index (χ0n) is 7.00. The first-order valence-electron chi connectivity index (χ1n) is 4.25. The highest BCUT2D eigenvalue weighted by atomic mass is 35.5. The molecule has 1 fully saturated rings. The first-order chi connectivity index (χ1) is 6.25. The van der Waals surface area contributed by atoms with Crippen molar-refractivity contribution >= 4 is 16.8 Å². The van der Waals surface area contributed by atoms with E-state index in [1.54, 1.807) is 12.1 Å². The Morgan fingerprint density at radius 1 is 1.31 bits per heavy atom. The molecular weight excluding hydrogens is 189 g/mol. The lowest BCUT2D eigenvalue weighted by atomic mass is 10.2. The van der Waals surface area contributed by atoms with Crippen molar-refractivity contribution in [3.8, 4) is 0 Å². The molecule has 0 bridgehead atoms. The predicted molar refractivity (Wildman–Crippen MR) is 51.8 cm³/mol. The maximum Gasteiger partial charge on any atom is 0.131 e. The molecule has 0 aliphatic heterocycles. The van der Waals surface area contributed by atoms with Crippen molar-refractivity contribution in [1.29, 1.82) is 0 Å². The normalized spacial score (nSPS) is 17.5. The quantitative estimate of drug-likeness (QED) is 0.647. The molecule has 1 saturated carbocycles. The van der Waals surface area contributed by atoms with Crippen molar-refractivity contribution in [3.63, 3.8) is 0 Å². The Morgan fingerprint density at radius 3 is 2.46 bits per heavy atom. The Balaban J connectivity index is 2.19. The molecule has 1 aromatic rings. The summed E-state index contributed by atoms with van der Waals surface area (Å²) in [5, 5.41) is 0.488. The van der Waals surface area contributed by atoms with Crippen LogP contribution in [-0.4, -0.2) is 11.2 Å². The van der Waals surface area contributed by atoms with Crippen molar-refractivity contribution in [2.24, 2.45) is 4.99 Å². The summed E-state index contributed by atoms with van der Waals surface area (Å²) >= 11 is 5.92. The molecule has 0 atom stereocenters. The molecular formula is C10H9ClFN. The largest absolute Gasteiger partial charge is 0.269 e. The van der Waals surface area contributed by atoms with Crippen LogP contribution >= 0.6 is 11.6 Å². The highest BCUT2D eigenvalue weighted by molar-refractivity contribution is 6.69. The second-order valence-electron chi connectivity index (χ2n) is 3.16. The standard InChI is InChI=1S/C10H9ClFN/c11-10(13-9-5-6-9)7-1-3-8(12)4-2-7/h1-4,9H,5-6H2. The molecule has 0 unspecified atom stereocenters. The Kier molecular flexibility index (Phi) is 2.32. The molecule has 0 spiro atoms. The van der Waals surface area contributed by atoms with Gasteiger partial charge in [-0.25, -0.2) is 4.39 Å². The van der Waals surface area contributed by atoms with Crippen LogP contribution in [0.2, 0.25) is 0 Å². The summed E-state index contributed by atoms with van der Waals surface area (Å²) in [5.41, 5.74) is 0.787. The monoisotopic (exact) mass is 197 g/mol. The van der Waals surface area contributed by atoms with Gasteiger partial charge < -0.3 is 0 Å². The summed E-state index contributed by atoms with van der Waals surface area (Å²) in [6.45, 7) is 0. The fourth-order valence-electron chi connectivity index (χ4n) is 1.03. The molecule has 1 aliphatic carbocycles. The van der Waals surface area contributed by atoms with Crippen molar-refractivity contribution in [2.75, 3.05) is 0 Å². The van der Waals surface area contributed by atoms with Gasteiger partial charge in [0.25, 0.3) is 0 Å². The highest BCUT2D eigenvalue weighted by Crippen LogP contribution is 2.25. The molecule has 0 N–H and O–H groups in total. The van der Waals surface area contributed by atoms with Crippen molar-refractivity contribution < 1.29 is 4.39 Å². The van der Waals surface area contributed by atoms with Gasteiger partial charge >= 0.3 is 0 Å². The van der Waals surface area contributed by atoms with Gasteiger partial charge in [0.2, 0.25) is 0 Å². The lowest BCUT2D eigenvalue weighted by Crippen LogP contribution is -1.93. The van der Waals surface area contributed by atoms with Gasteiger partial charge in [-0.3, -0.25) is 4.99 Å². The van der Waals surface area contributed by atoms with Crippen LogP contribution in [0.5, 0.6) is 0 Å². The van der Waals surface area contributed by atoms with Gasteiger partial charge in [-0.1, -0.05) is 11.6 Å². The van der Waals surface area contributed by atoms with E-state index in [0.717, 1.165) is 18.4 Å². The van der Waals surface area contributed by atoms with Crippen LogP contribution in [0.4, 0.5) is 4.39 Å². The minimum absolute atomic E-state index is 0.250. The minimum Gasteiger partial charge on any atom is -0.269 e. The first-order valence-corrected chi connectivity index (χ1v) is 4.63. The van der Waals surface area contributed by atoms with Crippen LogP contribution in [-0.2, 0) is 0 Å². The maximum atomic E-state index is 12.5. The lowest BCUT2D eigenvalue weighted by molar-refractivity contribution is 0.628. The average molecular weight is 198 g/mol. The molecule has 1 aliphatic rings. The van der Waals surface area contributed by atoms with E-state index in [4.69, 9.17) is 11.6 Å². The number of halogens is 2. The smallest absolute Gasteiger partial charge is 0.131 e. The Hall–Kier alpha value is -0.890. The predicted octanol–water partition coefficient (Wildman–Crippen LogP) is 2.97. The number of hydrogen-bond acceptors (Lipinski definition) is 1. The third-order valence-corrected chi connectivity index (χ3v) is 2.24. The first kappa shape index (κ1) is 8.70. The van der Waals surface area contributed by atoms with Crippen LogP contribution in [0.25, 0.3) is 0 Å². The molecule has 13 heavy (non-hydrogen) atoms. The van der Waals surface area contributed by atoms with Crippen LogP contribution in [0, 0.1) is 5.82 Å². The summed E-state index contributed by atoms with van der Waals surface area (Å²) in [6.07, 6.45) is 2.24. The zero-order chi connectivity index (χ0) is 9.26. The van der Waals surface area contributed by atoms with Crippen molar-refractivity contribution in [3.05, 3.63) is 35.6 Å². The van der Waals surface area contributed by atoms with E-state index in [1.807, 2.05) is 0 Å². The summed E-state index contributed by atoms with van der Waals surface area (Å²) in [7, 11) is 0. The fraction of sp³-hybridized carbons (Fsp3) is 0.300. The van der Waals surface area contributed by atoms with E-state index in [-0.39, 0.29) is 5.82 Å². The number of nitrogens with zero attached hydrogens (tertiary/aromatic N) is 1. The molecule has 1 aromatic carbocycles. The summed E-state index contributed by atoms with van der Waals surface area (Å²) in [4.78, 5) is 4.25. The number of hydrogen-bond donors (Lipinski definition) is 0. The zero-order valence-corrected chi connectivity index (χ0v) is 7.76. The average Bonchev–Trinajstić information content (AvgIpc) is 2.89. The van der Waals surface area contributed by atoms with Gasteiger partial charge in [-0.15, -0.1) is 0 Å². The van der Waals surface area contributed by atoms with Gasteiger partial charge in [-0.05, 0) is 37.1 Å². The van der Waals surface area contributed by atoms with E-state index in [0.29, 0.717) is 11.2 Å². The van der Waals surface area contributed by atoms with Crippen LogP contribution in [0.3, 0.4) is 0 Å². The third-order valence-electron chi connectivity index (χ3n) is 1.93. The molecule has 3 heteroatoms. The van der Waals surface area contributed by atoms with Gasteiger partial charge in [0.15, 0.2) is 0 Å². The molecule has 0 amide bonds. The van der Waals surface area contributed by atoms with Crippen LogP contribution in [0.15, 0.2) is 29.3 Å². The van der Waals surface area contributed by atoms with E-state index >= 15 is 0 Å².